The van der Waals surface area contributed by atoms with Crippen molar-refractivity contribution in [2.24, 2.45) is 0 Å². The van der Waals surface area contributed by atoms with Gasteiger partial charge in [0.15, 0.2) is 5.65 Å². The van der Waals surface area contributed by atoms with Crippen molar-refractivity contribution in [1.82, 2.24) is 19.7 Å². The van der Waals surface area contributed by atoms with Crippen molar-refractivity contribution < 1.29 is 14.3 Å². The molecule has 2 heterocycles. The van der Waals surface area contributed by atoms with Crippen molar-refractivity contribution in [3.63, 3.8) is 0 Å². The Bertz CT molecular complexity index is 1300. The van der Waals surface area contributed by atoms with E-state index in [0.29, 0.717) is 29.4 Å². The summed E-state index contributed by atoms with van der Waals surface area (Å²) in [6, 6.07) is 14.7. The van der Waals surface area contributed by atoms with Crippen molar-refractivity contribution in [3.05, 3.63) is 54.1 Å². The number of fused-ring (bicyclic) bond motifs is 3. The van der Waals surface area contributed by atoms with Crippen LogP contribution in [0.25, 0.3) is 22.1 Å². The number of hydrogen-bond donors (Lipinski definition) is 1. The predicted molar refractivity (Wildman–Crippen MR) is 129 cm³/mol. The van der Waals surface area contributed by atoms with Crippen molar-refractivity contribution >= 4 is 51.4 Å². The molecule has 1 atom stereocenters. The van der Waals surface area contributed by atoms with Gasteiger partial charge in [-0.1, -0.05) is 36.9 Å². The summed E-state index contributed by atoms with van der Waals surface area (Å²) in [5, 5.41) is 12.7. The Morgan fingerprint density at radius 2 is 1.82 bits per heavy atom. The van der Waals surface area contributed by atoms with E-state index in [9.17, 15) is 9.59 Å². The average molecular weight is 464 g/mol. The number of aryl methyl sites for hydroxylation is 1. The maximum atomic E-state index is 12.9. The predicted octanol–water partition coefficient (Wildman–Crippen LogP) is 4.69. The van der Waals surface area contributed by atoms with Gasteiger partial charge in [-0.25, -0.2) is 9.78 Å². The second-order valence-electron chi connectivity index (χ2n) is 7.33. The maximum absolute atomic E-state index is 12.9. The van der Waals surface area contributed by atoms with Gasteiger partial charge in [-0.15, -0.1) is 10.2 Å². The molecule has 0 aliphatic rings. The summed E-state index contributed by atoms with van der Waals surface area (Å²) in [4.78, 5) is 29.4. The van der Waals surface area contributed by atoms with Gasteiger partial charge in [-0.2, -0.15) is 0 Å². The zero-order chi connectivity index (χ0) is 23.4. The molecule has 0 spiro atoms. The van der Waals surface area contributed by atoms with Gasteiger partial charge in [-0.3, -0.25) is 4.79 Å². The first-order valence-electron chi connectivity index (χ1n) is 10.9. The maximum Gasteiger partial charge on any atom is 0.338 e. The fourth-order valence-electron chi connectivity index (χ4n) is 3.64. The van der Waals surface area contributed by atoms with E-state index in [2.05, 4.69) is 27.0 Å². The lowest BCUT2D eigenvalue weighted by Crippen LogP contribution is -2.25. The second-order valence-corrected chi connectivity index (χ2v) is 8.50. The third-order valence-electron chi connectivity index (χ3n) is 5.25. The number of nitrogens with zero attached hydrogens (tertiary/aromatic N) is 4. The molecule has 0 aliphatic carbocycles. The number of amides is 1. The Morgan fingerprint density at radius 1 is 1.06 bits per heavy atom. The van der Waals surface area contributed by atoms with Crippen molar-refractivity contribution in [3.8, 4) is 0 Å². The summed E-state index contributed by atoms with van der Waals surface area (Å²) < 4.78 is 7.09. The number of para-hydroxylation sites is 1. The molecular formula is C24H25N5O3S. The van der Waals surface area contributed by atoms with Crippen LogP contribution in [0.15, 0.2) is 53.7 Å². The SMILES string of the molecule is CCOC(=O)c1ccc(NC(=O)C(CC)Sc2nnc3c4ccccc4n(CC)c3n2)cc1. The van der Waals surface area contributed by atoms with Gasteiger partial charge in [0.05, 0.1) is 22.9 Å². The number of benzene rings is 2. The minimum Gasteiger partial charge on any atom is -0.462 e. The largest absolute Gasteiger partial charge is 0.462 e. The summed E-state index contributed by atoms with van der Waals surface area (Å²) >= 11 is 1.29. The number of nitrogens with one attached hydrogen (secondary N) is 1. The van der Waals surface area contributed by atoms with Gasteiger partial charge in [0.2, 0.25) is 11.1 Å². The fourth-order valence-corrected chi connectivity index (χ4v) is 4.45. The summed E-state index contributed by atoms with van der Waals surface area (Å²) in [5.41, 5.74) is 3.63. The van der Waals surface area contributed by atoms with Gasteiger partial charge >= 0.3 is 5.97 Å². The highest BCUT2D eigenvalue weighted by Crippen LogP contribution is 2.29. The van der Waals surface area contributed by atoms with Crippen LogP contribution in [-0.4, -0.2) is 43.5 Å². The molecule has 170 valence electrons. The standard InChI is InChI=1S/C24H25N5O3S/c1-4-19(22(30)25-16-13-11-15(12-14-16)23(31)32-6-3)33-24-26-21-20(27-28-24)17-9-7-8-10-18(17)29(21)5-2/h7-14,19H,4-6H2,1-3H3,(H,25,30). The first-order chi connectivity index (χ1) is 16.0. The number of anilines is 1. The third-order valence-corrected chi connectivity index (χ3v) is 6.46. The molecule has 0 fully saturated rings. The molecule has 0 radical (unpaired) electrons. The number of thioether (sulfide) groups is 1. The Hall–Kier alpha value is -3.46. The van der Waals surface area contributed by atoms with E-state index >= 15 is 0 Å². The fraction of sp³-hybridized carbons (Fsp3) is 0.292. The second kappa shape index (κ2) is 9.99. The van der Waals surface area contributed by atoms with Crippen LogP contribution in [0.5, 0.6) is 0 Å². The van der Waals surface area contributed by atoms with E-state index in [1.807, 2.05) is 31.2 Å². The zero-order valence-electron chi connectivity index (χ0n) is 18.7. The number of esters is 1. The van der Waals surface area contributed by atoms with Gasteiger partial charge in [0, 0.05) is 17.6 Å². The van der Waals surface area contributed by atoms with Gasteiger partial charge in [-0.05, 0) is 50.6 Å². The van der Waals surface area contributed by atoms with Crippen molar-refractivity contribution in [1.29, 1.82) is 0 Å². The molecule has 0 aliphatic heterocycles. The summed E-state index contributed by atoms with van der Waals surface area (Å²) in [5.74, 6) is -0.548. The van der Waals surface area contributed by atoms with Crippen LogP contribution in [0, 0.1) is 0 Å². The molecule has 0 bridgehead atoms. The molecule has 4 aromatic rings. The number of aromatic nitrogens is 4. The Balaban J connectivity index is 1.52. The lowest BCUT2D eigenvalue weighted by molar-refractivity contribution is -0.115. The van der Waals surface area contributed by atoms with Crippen LogP contribution >= 0.6 is 11.8 Å². The first-order valence-corrected chi connectivity index (χ1v) is 11.8. The van der Waals surface area contributed by atoms with Crippen LogP contribution in [0.1, 0.15) is 37.6 Å². The molecule has 1 unspecified atom stereocenters. The Labute approximate surface area is 195 Å². The van der Waals surface area contributed by atoms with Crippen LogP contribution in [-0.2, 0) is 16.1 Å². The third kappa shape index (κ3) is 4.68. The topological polar surface area (TPSA) is 99.0 Å². The average Bonchev–Trinajstić information content (AvgIpc) is 3.15. The molecule has 1 amide bonds. The summed E-state index contributed by atoms with van der Waals surface area (Å²) in [7, 11) is 0. The van der Waals surface area contributed by atoms with E-state index in [1.54, 1.807) is 31.2 Å². The van der Waals surface area contributed by atoms with Crippen LogP contribution in [0.3, 0.4) is 0 Å². The van der Waals surface area contributed by atoms with Crippen LogP contribution in [0.4, 0.5) is 5.69 Å². The van der Waals surface area contributed by atoms with E-state index < -0.39 is 5.25 Å². The number of rotatable bonds is 8. The molecular weight excluding hydrogens is 438 g/mol. The minimum absolute atomic E-state index is 0.161. The van der Waals surface area contributed by atoms with Crippen LogP contribution in [0.2, 0.25) is 0 Å². The normalized spacial score (nSPS) is 12.1. The van der Waals surface area contributed by atoms with Gasteiger partial charge in [0.1, 0.15) is 5.52 Å². The first kappa shape index (κ1) is 22.7. The quantitative estimate of drug-likeness (QED) is 0.299. The van der Waals surface area contributed by atoms with E-state index in [0.717, 1.165) is 28.6 Å². The molecule has 2 aromatic heterocycles. The lowest BCUT2D eigenvalue weighted by atomic mass is 10.2. The molecule has 4 rings (SSSR count). The molecule has 1 N–H and O–H groups in total. The number of hydrogen-bond acceptors (Lipinski definition) is 7. The van der Waals surface area contributed by atoms with E-state index in [-0.39, 0.29) is 11.9 Å². The highest BCUT2D eigenvalue weighted by atomic mass is 32.2. The summed E-state index contributed by atoms with van der Waals surface area (Å²) in [6.45, 7) is 6.83. The van der Waals surface area contributed by atoms with Gasteiger partial charge in [0.25, 0.3) is 0 Å². The lowest BCUT2D eigenvalue weighted by Gasteiger charge is -2.14. The molecule has 9 heteroatoms. The molecule has 2 aromatic carbocycles. The summed E-state index contributed by atoms with van der Waals surface area (Å²) in [6.07, 6.45) is 0.593. The highest BCUT2D eigenvalue weighted by Gasteiger charge is 2.21. The van der Waals surface area contributed by atoms with E-state index in [1.165, 1.54) is 11.8 Å². The Morgan fingerprint density at radius 3 is 2.52 bits per heavy atom. The van der Waals surface area contributed by atoms with Crippen LogP contribution < -0.4 is 5.32 Å². The monoisotopic (exact) mass is 463 g/mol. The van der Waals surface area contributed by atoms with Crippen molar-refractivity contribution in [2.45, 2.75) is 44.1 Å². The highest BCUT2D eigenvalue weighted by molar-refractivity contribution is 8.00. The Kier molecular flexibility index (Phi) is 6.88. The van der Waals surface area contributed by atoms with E-state index in [4.69, 9.17) is 9.72 Å². The number of carbonyl (C=O) groups is 2. The molecule has 8 nitrogen and oxygen atoms in total. The number of ether oxygens (including phenoxy) is 1. The van der Waals surface area contributed by atoms with Crippen molar-refractivity contribution in [2.75, 3.05) is 11.9 Å². The smallest absolute Gasteiger partial charge is 0.338 e. The minimum atomic E-state index is -0.395. The molecule has 33 heavy (non-hydrogen) atoms. The number of carbonyl (C=O) groups excluding carboxylic acids is 2. The van der Waals surface area contributed by atoms with Gasteiger partial charge < -0.3 is 14.6 Å². The molecule has 0 saturated heterocycles. The zero-order valence-corrected chi connectivity index (χ0v) is 19.6. The molecule has 0 saturated carbocycles.